The standard InChI is InChI=1S/C20H30N6O/c1-17(24(3)19-7-5-4-6-8-19)15-22-20(21-2)26-12-10-25(11-13-26)16-18-9-14-27-23-18/h4-9,14,17H,10-13,15-16H2,1-3H3,(H,21,22). The van der Waals surface area contributed by atoms with Crippen molar-refractivity contribution in [2.75, 3.05) is 51.7 Å². The molecule has 1 fully saturated rings. The van der Waals surface area contributed by atoms with E-state index in [1.165, 1.54) is 5.69 Å². The van der Waals surface area contributed by atoms with Gasteiger partial charge in [0.05, 0.1) is 5.69 Å². The average molecular weight is 371 g/mol. The smallest absolute Gasteiger partial charge is 0.193 e. The van der Waals surface area contributed by atoms with E-state index in [2.05, 4.69) is 68.4 Å². The molecule has 0 bridgehead atoms. The highest BCUT2D eigenvalue weighted by Crippen LogP contribution is 2.14. The van der Waals surface area contributed by atoms with Crippen molar-refractivity contribution in [3.8, 4) is 0 Å². The zero-order valence-electron chi connectivity index (χ0n) is 16.5. The zero-order chi connectivity index (χ0) is 19.1. The van der Waals surface area contributed by atoms with Crippen molar-refractivity contribution >= 4 is 11.6 Å². The number of hydrogen-bond donors (Lipinski definition) is 1. The van der Waals surface area contributed by atoms with E-state index in [1.54, 1.807) is 6.26 Å². The number of benzene rings is 1. The van der Waals surface area contributed by atoms with E-state index < -0.39 is 0 Å². The second-order valence-electron chi connectivity index (χ2n) is 6.98. The van der Waals surface area contributed by atoms with E-state index in [9.17, 15) is 0 Å². The van der Waals surface area contributed by atoms with E-state index in [0.717, 1.165) is 50.9 Å². The first-order valence-corrected chi connectivity index (χ1v) is 9.52. The predicted octanol–water partition coefficient (Wildman–Crippen LogP) is 1.89. The summed E-state index contributed by atoms with van der Waals surface area (Å²) < 4.78 is 4.92. The minimum Gasteiger partial charge on any atom is -0.370 e. The van der Waals surface area contributed by atoms with E-state index in [-0.39, 0.29) is 0 Å². The summed E-state index contributed by atoms with van der Waals surface area (Å²) in [6, 6.07) is 12.8. The molecule has 1 saturated heterocycles. The second kappa shape index (κ2) is 9.41. The molecule has 2 heterocycles. The minimum absolute atomic E-state index is 0.359. The van der Waals surface area contributed by atoms with E-state index in [0.29, 0.717) is 6.04 Å². The minimum atomic E-state index is 0.359. The average Bonchev–Trinajstić information content (AvgIpc) is 3.22. The number of nitrogens with one attached hydrogen (secondary N) is 1. The maximum atomic E-state index is 4.92. The Kier molecular flexibility index (Phi) is 6.70. The van der Waals surface area contributed by atoms with Crippen molar-refractivity contribution in [1.29, 1.82) is 0 Å². The highest BCUT2D eigenvalue weighted by atomic mass is 16.5. The van der Waals surface area contributed by atoms with Crippen LogP contribution in [0.25, 0.3) is 0 Å². The van der Waals surface area contributed by atoms with Crippen LogP contribution in [0, 0.1) is 0 Å². The number of aromatic nitrogens is 1. The van der Waals surface area contributed by atoms with Crippen LogP contribution in [0.5, 0.6) is 0 Å². The molecule has 146 valence electrons. The van der Waals surface area contributed by atoms with Crippen molar-refractivity contribution in [2.24, 2.45) is 4.99 Å². The zero-order valence-corrected chi connectivity index (χ0v) is 16.5. The molecule has 0 spiro atoms. The molecule has 1 unspecified atom stereocenters. The van der Waals surface area contributed by atoms with Crippen LogP contribution < -0.4 is 10.2 Å². The summed E-state index contributed by atoms with van der Waals surface area (Å²) in [5.74, 6) is 0.976. The number of piperazine rings is 1. The lowest BCUT2D eigenvalue weighted by Crippen LogP contribution is -2.53. The molecule has 1 aromatic heterocycles. The molecule has 27 heavy (non-hydrogen) atoms. The van der Waals surface area contributed by atoms with Gasteiger partial charge in [0.25, 0.3) is 0 Å². The topological polar surface area (TPSA) is 60.1 Å². The van der Waals surface area contributed by atoms with Crippen LogP contribution in [-0.4, -0.2) is 73.8 Å². The molecule has 1 aromatic carbocycles. The molecule has 0 radical (unpaired) electrons. The Morgan fingerprint density at radius 2 is 1.96 bits per heavy atom. The van der Waals surface area contributed by atoms with Gasteiger partial charge >= 0.3 is 0 Å². The number of aliphatic imine (C=N–C) groups is 1. The van der Waals surface area contributed by atoms with Crippen LogP contribution in [0.3, 0.4) is 0 Å². The number of para-hydroxylation sites is 1. The number of nitrogens with zero attached hydrogens (tertiary/aromatic N) is 5. The van der Waals surface area contributed by atoms with Gasteiger partial charge in [-0.3, -0.25) is 9.89 Å². The van der Waals surface area contributed by atoms with Gasteiger partial charge in [0.1, 0.15) is 6.26 Å². The van der Waals surface area contributed by atoms with Gasteiger partial charge in [0, 0.05) is 71.2 Å². The van der Waals surface area contributed by atoms with Crippen LogP contribution in [0.2, 0.25) is 0 Å². The lowest BCUT2D eigenvalue weighted by molar-refractivity contribution is 0.169. The Morgan fingerprint density at radius 3 is 2.59 bits per heavy atom. The fourth-order valence-corrected chi connectivity index (χ4v) is 3.29. The molecule has 0 saturated carbocycles. The van der Waals surface area contributed by atoms with E-state index in [1.807, 2.05) is 19.2 Å². The van der Waals surface area contributed by atoms with Crippen molar-refractivity contribution in [3.05, 3.63) is 48.4 Å². The molecule has 0 aliphatic carbocycles. The number of likely N-dealkylation sites (N-methyl/N-ethyl adjacent to an activating group) is 1. The van der Waals surface area contributed by atoms with Gasteiger partial charge in [-0.1, -0.05) is 23.4 Å². The van der Waals surface area contributed by atoms with Crippen molar-refractivity contribution in [2.45, 2.75) is 19.5 Å². The molecule has 3 rings (SSSR count). The first-order chi connectivity index (χ1) is 13.2. The summed E-state index contributed by atoms with van der Waals surface area (Å²) >= 11 is 0. The Balaban J connectivity index is 1.45. The third-order valence-electron chi connectivity index (χ3n) is 5.14. The van der Waals surface area contributed by atoms with Gasteiger partial charge in [0.15, 0.2) is 5.96 Å². The first kappa shape index (κ1) is 19.2. The number of anilines is 1. The van der Waals surface area contributed by atoms with Crippen LogP contribution in [0.15, 0.2) is 52.2 Å². The second-order valence-corrected chi connectivity index (χ2v) is 6.98. The molecular weight excluding hydrogens is 340 g/mol. The summed E-state index contributed by atoms with van der Waals surface area (Å²) in [7, 11) is 3.99. The van der Waals surface area contributed by atoms with Gasteiger partial charge < -0.3 is 19.6 Å². The molecule has 1 aliphatic rings. The molecule has 0 amide bonds. The molecule has 2 aromatic rings. The fraction of sp³-hybridized carbons (Fsp3) is 0.500. The quantitative estimate of drug-likeness (QED) is 0.619. The summed E-state index contributed by atoms with van der Waals surface area (Å²) in [6.07, 6.45) is 1.63. The third kappa shape index (κ3) is 5.23. The number of guanidine groups is 1. The summed E-state index contributed by atoms with van der Waals surface area (Å²) in [5.41, 5.74) is 2.21. The summed E-state index contributed by atoms with van der Waals surface area (Å²) in [4.78, 5) is 11.5. The van der Waals surface area contributed by atoms with Crippen LogP contribution in [0.4, 0.5) is 5.69 Å². The Labute approximate surface area is 161 Å². The van der Waals surface area contributed by atoms with Gasteiger partial charge in [-0.2, -0.15) is 0 Å². The SMILES string of the molecule is CN=C(NCC(C)N(C)c1ccccc1)N1CCN(Cc2ccon2)CC1. The van der Waals surface area contributed by atoms with Crippen molar-refractivity contribution in [1.82, 2.24) is 20.3 Å². The summed E-state index contributed by atoms with van der Waals surface area (Å²) in [5, 5.41) is 7.54. The molecule has 1 atom stereocenters. The predicted molar refractivity (Wildman–Crippen MR) is 109 cm³/mol. The summed E-state index contributed by atoms with van der Waals surface area (Å²) in [6.45, 7) is 7.82. The van der Waals surface area contributed by atoms with Gasteiger partial charge in [-0.15, -0.1) is 0 Å². The normalized spacial score (nSPS) is 17.0. The Bertz CT molecular complexity index is 695. The van der Waals surface area contributed by atoms with Gasteiger partial charge in [0.2, 0.25) is 0 Å². The Hall–Kier alpha value is -2.54. The largest absolute Gasteiger partial charge is 0.370 e. The maximum Gasteiger partial charge on any atom is 0.193 e. The lowest BCUT2D eigenvalue weighted by atomic mass is 10.2. The fourth-order valence-electron chi connectivity index (χ4n) is 3.29. The van der Waals surface area contributed by atoms with E-state index >= 15 is 0 Å². The monoisotopic (exact) mass is 370 g/mol. The highest BCUT2D eigenvalue weighted by molar-refractivity contribution is 5.80. The van der Waals surface area contributed by atoms with Crippen LogP contribution in [0.1, 0.15) is 12.6 Å². The van der Waals surface area contributed by atoms with E-state index in [4.69, 9.17) is 4.52 Å². The number of hydrogen-bond acceptors (Lipinski definition) is 5. The molecule has 1 N–H and O–H groups in total. The van der Waals surface area contributed by atoms with Crippen LogP contribution in [-0.2, 0) is 6.54 Å². The third-order valence-corrected chi connectivity index (χ3v) is 5.14. The maximum absolute atomic E-state index is 4.92. The highest BCUT2D eigenvalue weighted by Gasteiger charge is 2.21. The van der Waals surface area contributed by atoms with Crippen molar-refractivity contribution in [3.63, 3.8) is 0 Å². The molecular formula is C20H30N6O. The first-order valence-electron chi connectivity index (χ1n) is 9.52. The Morgan fingerprint density at radius 1 is 1.22 bits per heavy atom. The molecule has 7 heteroatoms. The number of rotatable bonds is 6. The lowest BCUT2D eigenvalue weighted by Gasteiger charge is -2.37. The van der Waals surface area contributed by atoms with Crippen molar-refractivity contribution < 1.29 is 4.52 Å². The molecule has 7 nitrogen and oxygen atoms in total. The van der Waals surface area contributed by atoms with Crippen LogP contribution >= 0.6 is 0 Å². The van der Waals surface area contributed by atoms with Gasteiger partial charge in [-0.05, 0) is 19.1 Å². The van der Waals surface area contributed by atoms with Gasteiger partial charge in [-0.25, -0.2) is 0 Å². The molecule has 1 aliphatic heterocycles.